The minimum atomic E-state index is 0.0260. The number of anilines is 1. The van der Waals surface area contributed by atoms with Crippen LogP contribution in [0.4, 0.5) is 5.69 Å². The molecule has 1 aliphatic rings. The van der Waals surface area contributed by atoms with Crippen molar-refractivity contribution in [2.24, 2.45) is 5.92 Å². The maximum Gasteiger partial charge on any atom is 0.256 e. The Kier molecular flexibility index (Phi) is 4.37. The first kappa shape index (κ1) is 14.6. The third-order valence-corrected chi connectivity index (χ3v) is 4.35. The van der Waals surface area contributed by atoms with Gasteiger partial charge in [-0.2, -0.15) is 0 Å². The molecule has 0 aliphatic carbocycles. The lowest BCUT2D eigenvalue weighted by molar-refractivity contribution is 0.0691. The standard InChI is InChI=1S/C18H21N3O/c19-17-13-20-9-6-16(17)18(22)21-10-7-15(8-11-21)12-14-4-2-1-3-5-14/h1-6,9,13,15H,7-8,10-12,19H2. The molecule has 22 heavy (non-hydrogen) atoms. The number of nitrogen functional groups attached to an aromatic ring is 1. The molecule has 1 fully saturated rings. The predicted octanol–water partition coefficient (Wildman–Crippen LogP) is 2.76. The van der Waals surface area contributed by atoms with Gasteiger partial charge in [-0.1, -0.05) is 30.3 Å². The summed E-state index contributed by atoms with van der Waals surface area (Å²) >= 11 is 0. The number of pyridine rings is 1. The van der Waals surface area contributed by atoms with E-state index in [1.165, 1.54) is 11.8 Å². The molecule has 0 unspecified atom stereocenters. The highest BCUT2D eigenvalue weighted by atomic mass is 16.2. The van der Waals surface area contributed by atoms with Gasteiger partial charge in [0.1, 0.15) is 0 Å². The second kappa shape index (κ2) is 6.60. The number of benzene rings is 1. The number of hydrogen-bond donors (Lipinski definition) is 1. The second-order valence-electron chi connectivity index (χ2n) is 5.89. The van der Waals surface area contributed by atoms with Crippen molar-refractivity contribution in [3.05, 3.63) is 59.9 Å². The predicted molar refractivity (Wildman–Crippen MR) is 87.4 cm³/mol. The van der Waals surface area contributed by atoms with Gasteiger partial charge in [-0.3, -0.25) is 9.78 Å². The molecule has 4 nitrogen and oxygen atoms in total. The number of nitrogens with zero attached hydrogens (tertiary/aromatic N) is 2. The second-order valence-corrected chi connectivity index (χ2v) is 5.89. The molecule has 0 bridgehead atoms. The molecule has 1 aliphatic heterocycles. The van der Waals surface area contributed by atoms with Crippen molar-refractivity contribution in [3.63, 3.8) is 0 Å². The van der Waals surface area contributed by atoms with Crippen LogP contribution in [0.1, 0.15) is 28.8 Å². The van der Waals surface area contributed by atoms with Gasteiger partial charge in [-0.25, -0.2) is 0 Å². The Morgan fingerprint density at radius 2 is 1.91 bits per heavy atom. The average molecular weight is 295 g/mol. The highest BCUT2D eigenvalue weighted by molar-refractivity contribution is 5.98. The molecule has 2 aromatic rings. The molecule has 0 atom stereocenters. The molecular formula is C18H21N3O. The zero-order valence-corrected chi connectivity index (χ0v) is 12.6. The molecule has 4 heteroatoms. The number of amides is 1. The first-order chi connectivity index (χ1) is 10.7. The third kappa shape index (κ3) is 3.27. The van der Waals surface area contributed by atoms with E-state index in [0.29, 0.717) is 17.2 Å². The van der Waals surface area contributed by atoms with Gasteiger partial charge in [-0.05, 0) is 36.8 Å². The van der Waals surface area contributed by atoms with Gasteiger partial charge in [0.2, 0.25) is 0 Å². The zero-order valence-electron chi connectivity index (χ0n) is 12.6. The van der Waals surface area contributed by atoms with Crippen LogP contribution in [0.2, 0.25) is 0 Å². The fourth-order valence-corrected chi connectivity index (χ4v) is 3.06. The van der Waals surface area contributed by atoms with Crippen LogP contribution in [0.5, 0.6) is 0 Å². The van der Waals surface area contributed by atoms with Crippen molar-refractivity contribution >= 4 is 11.6 Å². The van der Waals surface area contributed by atoms with Gasteiger partial charge >= 0.3 is 0 Å². The van der Waals surface area contributed by atoms with Crippen LogP contribution in [-0.4, -0.2) is 28.9 Å². The summed E-state index contributed by atoms with van der Waals surface area (Å²) in [6, 6.07) is 12.3. The molecule has 1 saturated heterocycles. The lowest BCUT2D eigenvalue weighted by Gasteiger charge is -2.32. The largest absolute Gasteiger partial charge is 0.397 e. The minimum absolute atomic E-state index is 0.0260. The highest BCUT2D eigenvalue weighted by Crippen LogP contribution is 2.23. The quantitative estimate of drug-likeness (QED) is 0.947. The van der Waals surface area contributed by atoms with Crippen molar-refractivity contribution in [1.82, 2.24) is 9.88 Å². The smallest absolute Gasteiger partial charge is 0.256 e. The van der Waals surface area contributed by atoms with E-state index in [0.717, 1.165) is 32.4 Å². The van der Waals surface area contributed by atoms with E-state index < -0.39 is 0 Å². The lowest BCUT2D eigenvalue weighted by atomic mass is 9.90. The lowest BCUT2D eigenvalue weighted by Crippen LogP contribution is -2.39. The molecule has 3 rings (SSSR count). The van der Waals surface area contributed by atoms with Gasteiger partial charge in [0.15, 0.2) is 0 Å². The van der Waals surface area contributed by atoms with E-state index in [2.05, 4.69) is 29.2 Å². The molecule has 2 heterocycles. The molecule has 0 saturated carbocycles. The van der Waals surface area contributed by atoms with Gasteiger partial charge in [0, 0.05) is 19.3 Å². The summed E-state index contributed by atoms with van der Waals surface area (Å²) in [6.45, 7) is 1.61. The van der Waals surface area contributed by atoms with Crippen molar-refractivity contribution in [1.29, 1.82) is 0 Å². The SMILES string of the molecule is Nc1cnccc1C(=O)N1CCC(Cc2ccccc2)CC1. The first-order valence-corrected chi connectivity index (χ1v) is 7.76. The fourth-order valence-electron chi connectivity index (χ4n) is 3.06. The van der Waals surface area contributed by atoms with Crippen molar-refractivity contribution in [2.75, 3.05) is 18.8 Å². The summed E-state index contributed by atoms with van der Waals surface area (Å²) in [5.41, 5.74) is 8.25. The van der Waals surface area contributed by atoms with E-state index in [1.54, 1.807) is 12.3 Å². The van der Waals surface area contributed by atoms with Crippen molar-refractivity contribution < 1.29 is 4.79 Å². The summed E-state index contributed by atoms with van der Waals surface area (Å²) in [5, 5.41) is 0. The summed E-state index contributed by atoms with van der Waals surface area (Å²) < 4.78 is 0. The minimum Gasteiger partial charge on any atom is -0.397 e. The van der Waals surface area contributed by atoms with Crippen LogP contribution in [0.15, 0.2) is 48.8 Å². The Labute approximate surface area is 131 Å². The number of carbonyl (C=O) groups is 1. The maximum atomic E-state index is 12.5. The summed E-state index contributed by atoms with van der Waals surface area (Å²) in [5.74, 6) is 0.680. The molecule has 114 valence electrons. The van der Waals surface area contributed by atoms with Gasteiger partial charge in [-0.15, -0.1) is 0 Å². The number of rotatable bonds is 3. The summed E-state index contributed by atoms with van der Waals surface area (Å²) in [4.78, 5) is 18.3. The normalized spacial score (nSPS) is 15.7. The van der Waals surface area contributed by atoms with Crippen LogP contribution in [0.3, 0.4) is 0 Å². The van der Waals surface area contributed by atoms with Gasteiger partial charge in [0.05, 0.1) is 17.4 Å². The van der Waals surface area contributed by atoms with Crippen LogP contribution >= 0.6 is 0 Å². The number of likely N-dealkylation sites (tertiary alicyclic amines) is 1. The van der Waals surface area contributed by atoms with Crippen LogP contribution < -0.4 is 5.73 Å². The number of nitrogens with two attached hydrogens (primary N) is 1. The Hall–Kier alpha value is -2.36. The number of piperidine rings is 1. The summed E-state index contributed by atoms with van der Waals surface area (Å²) in [7, 11) is 0. The molecule has 1 aromatic heterocycles. The van der Waals surface area contributed by atoms with E-state index >= 15 is 0 Å². The third-order valence-electron chi connectivity index (χ3n) is 4.35. The molecule has 2 N–H and O–H groups in total. The fraction of sp³-hybridized carbons (Fsp3) is 0.333. The Morgan fingerprint density at radius 1 is 1.18 bits per heavy atom. The van der Waals surface area contributed by atoms with E-state index in [-0.39, 0.29) is 5.91 Å². The number of carbonyl (C=O) groups excluding carboxylic acids is 1. The van der Waals surface area contributed by atoms with Crippen LogP contribution in [0, 0.1) is 5.92 Å². The van der Waals surface area contributed by atoms with E-state index in [9.17, 15) is 4.79 Å². The summed E-state index contributed by atoms with van der Waals surface area (Å²) in [6.07, 6.45) is 6.35. The van der Waals surface area contributed by atoms with Gasteiger partial charge < -0.3 is 10.6 Å². The number of aromatic nitrogens is 1. The molecule has 1 amide bonds. The first-order valence-electron chi connectivity index (χ1n) is 7.76. The highest BCUT2D eigenvalue weighted by Gasteiger charge is 2.24. The van der Waals surface area contributed by atoms with E-state index in [1.807, 2.05) is 11.0 Å². The molecule has 1 aromatic carbocycles. The van der Waals surface area contributed by atoms with Crippen molar-refractivity contribution in [3.8, 4) is 0 Å². The molecular weight excluding hydrogens is 274 g/mol. The van der Waals surface area contributed by atoms with Crippen LogP contribution in [-0.2, 0) is 6.42 Å². The average Bonchev–Trinajstić information content (AvgIpc) is 2.56. The maximum absolute atomic E-state index is 12.5. The monoisotopic (exact) mass is 295 g/mol. The Morgan fingerprint density at radius 3 is 2.59 bits per heavy atom. The van der Waals surface area contributed by atoms with E-state index in [4.69, 9.17) is 5.73 Å². The zero-order chi connectivity index (χ0) is 15.4. The van der Waals surface area contributed by atoms with Crippen LogP contribution in [0.25, 0.3) is 0 Å². The van der Waals surface area contributed by atoms with Crippen molar-refractivity contribution in [2.45, 2.75) is 19.3 Å². The van der Waals surface area contributed by atoms with Gasteiger partial charge in [0.25, 0.3) is 5.91 Å². The Bertz CT molecular complexity index is 634. The topological polar surface area (TPSA) is 59.2 Å². The molecule has 0 radical (unpaired) electrons. The molecule has 0 spiro atoms. The number of hydrogen-bond acceptors (Lipinski definition) is 3. The Balaban J connectivity index is 1.58.